The Morgan fingerprint density at radius 2 is 2.18 bits per heavy atom. The lowest BCUT2D eigenvalue weighted by molar-refractivity contribution is 0.763. The predicted octanol–water partition coefficient (Wildman–Crippen LogP) is 2.56. The zero-order valence-corrected chi connectivity index (χ0v) is 11.7. The Bertz CT molecular complexity index is 343. The van der Waals surface area contributed by atoms with E-state index in [9.17, 15) is 0 Å². The van der Waals surface area contributed by atoms with Crippen molar-refractivity contribution in [2.45, 2.75) is 39.2 Å². The van der Waals surface area contributed by atoms with Crippen molar-refractivity contribution < 1.29 is 0 Å². The Balaban J connectivity index is 2.84. The highest BCUT2D eigenvalue weighted by Crippen LogP contribution is 2.20. The lowest BCUT2D eigenvalue weighted by atomic mass is 10.1. The molecular formula is C12H22N4S. The molecule has 1 heterocycles. The molecule has 4 nitrogen and oxygen atoms in total. The maximum atomic E-state index is 5.90. The maximum Gasteiger partial charge on any atom is 0.134 e. The topological polar surface area (TPSA) is 63.8 Å². The number of anilines is 2. The highest BCUT2D eigenvalue weighted by Gasteiger charge is 2.12. The highest BCUT2D eigenvalue weighted by molar-refractivity contribution is 7.98. The van der Waals surface area contributed by atoms with E-state index in [1.54, 1.807) is 0 Å². The molecule has 0 saturated heterocycles. The summed E-state index contributed by atoms with van der Waals surface area (Å²) in [4.78, 5) is 8.38. The summed E-state index contributed by atoms with van der Waals surface area (Å²) >= 11 is 1.84. The molecule has 1 atom stereocenters. The minimum Gasteiger partial charge on any atom is -0.383 e. The van der Waals surface area contributed by atoms with Gasteiger partial charge in [-0.25, -0.2) is 9.97 Å². The minimum atomic E-state index is 0.440. The molecule has 0 aliphatic heterocycles. The normalized spacial score (nSPS) is 12.4. The number of nitrogens with one attached hydrogen (secondary N) is 1. The van der Waals surface area contributed by atoms with Crippen molar-refractivity contribution in [2.24, 2.45) is 0 Å². The standard InChI is InChI=1S/C12H22N4S/c1-4-6-10-11(13)14-8-15-12(10)16-9(5-2)7-17-3/h8-9H,4-7H2,1-3H3,(H3,13,14,15,16). The lowest BCUT2D eigenvalue weighted by Crippen LogP contribution is -2.23. The molecule has 0 radical (unpaired) electrons. The second kappa shape index (κ2) is 7.37. The first-order chi connectivity index (χ1) is 8.22. The summed E-state index contributed by atoms with van der Waals surface area (Å²) < 4.78 is 0. The van der Waals surface area contributed by atoms with E-state index in [2.05, 4.69) is 35.4 Å². The van der Waals surface area contributed by atoms with Crippen LogP contribution in [0, 0.1) is 0 Å². The third-order valence-corrected chi connectivity index (χ3v) is 3.42. The molecule has 5 heteroatoms. The molecule has 1 unspecified atom stereocenters. The second-order valence-electron chi connectivity index (χ2n) is 4.04. The third kappa shape index (κ3) is 4.07. The van der Waals surface area contributed by atoms with E-state index in [0.29, 0.717) is 11.9 Å². The molecule has 0 aromatic carbocycles. The van der Waals surface area contributed by atoms with Crippen LogP contribution in [0.15, 0.2) is 6.33 Å². The molecule has 0 bridgehead atoms. The third-order valence-electron chi connectivity index (χ3n) is 2.68. The van der Waals surface area contributed by atoms with Gasteiger partial charge >= 0.3 is 0 Å². The Labute approximate surface area is 108 Å². The SMILES string of the molecule is CCCc1c(N)ncnc1NC(CC)CSC. The molecule has 0 fully saturated rings. The summed E-state index contributed by atoms with van der Waals surface area (Å²) in [5, 5.41) is 3.47. The van der Waals surface area contributed by atoms with Gasteiger partial charge in [0.25, 0.3) is 0 Å². The molecule has 17 heavy (non-hydrogen) atoms. The molecule has 1 aromatic rings. The summed E-state index contributed by atoms with van der Waals surface area (Å²) in [6, 6.07) is 0.440. The fourth-order valence-corrected chi connectivity index (χ4v) is 2.42. The van der Waals surface area contributed by atoms with Gasteiger partial charge in [0.15, 0.2) is 0 Å². The first-order valence-corrected chi connectivity index (χ1v) is 7.47. The average molecular weight is 254 g/mol. The van der Waals surface area contributed by atoms with Gasteiger partial charge in [-0.15, -0.1) is 0 Å². The molecule has 96 valence electrons. The number of hydrogen-bond donors (Lipinski definition) is 2. The second-order valence-corrected chi connectivity index (χ2v) is 4.95. The monoisotopic (exact) mass is 254 g/mol. The van der Waals surface area contributed by atoms with Crippen LogP contribution in [-0.2, 0) is 6.42 Å². The van der Waals surface area contributed by atoms with Gasteiger partial charge in [0.2, 0.25) is 0 Å². The van der Waals surface area contributed by atoms with Crippen molar-refractivity contribution in [3.8, 4) is 0 Å². The average Bonchev–Trinajstić information content (AvgIpc) is 2.33. The Kier molecular flexibility index (Phi) is 6.11. The van der Waals surface area contributed by atoms with Gasteiger partial charge in [0.05, 0.1) is 0 Å². The van der Waals surface area contributed by atoms with Crippen molar-refractivity contribution >= 4 is 23.4 Å². The summed E-state index contributed by atoms with van der Waals surface area (Å²) in [6.07, 6.45) is 6.70. The molecule has 0 amide bonds. The molecular weight excluding hydrogens is 232 g/mol. The number of thioether (sulfide) groups is 1. The number of aromatic nitrogens is 2. The predicted molar refractivity (Wildman–Crippen MR) is 76.5 cm³/mol. The van der Waals surface area contributed by atoms with Crippen molar-refractivity contribution in [3.63, 3.8) is 0 Å². The number of hydrogen-bond acceptors (Lipinski definition) is 5. The molecule has 3 N–H and O–H groups in total. The van der Waals surface area contributed by atoms with E-state index in [0.717, 1.165) is 36.4 Å². The minimum absolute atomic E-state index is 0.440. The van der Waals surface area contributed by atoms with E-state index in [1.807, 2.05) is 11.8 Å². The highest BCUT2D eigenvalue weighted by atomic mass is 32.2. The summed E-state index contributed by atoms with van der Waals surface area (Å²) in [5.74, 6) is 2.58. The maximum absolute atomic E-state index is 5.90. The van der Waals surface area contributed by atoms with Crippen LogP contribution in [0.25, 0.3) is 0 Å². The van der Waals surface area contributed by atoms with E-state index in [4.69, 9.17) is 5.73 Å². The van der Waals surface area contributed by atoms with Gasteiger partial charge < -0.3 is 11.1 Å². The van der Waals surface area contributed by atoms with Crippen molar-refractivity contribution in [1.29, 1.82) is 0 Å². The molecule has 0 saturated carbocycles. The van der Waals surface area contributed by atoms with Crippen LogP contribution in [0.1, 0.15) is 32.3 Å². The molecule has 0 spiro atoms. The summed E-state index contributed by atoms with van der Waals surface area (Å²) in [5.41, 5.74) is 6.95. The van der Waals surface area contributed by atoms with Crippen LogP contribution in [0.4, 0.5) is 11.6 Å². The number of nitrogens with zero attached hydrogens (tertiary/aromatic N) is 2. The largest absolute Gasteiger partial charge is 0.383 e. The fourth-order valence-electron chi connectivity index (χ4n) is 1.70. The van der Waals surface area contributed by atoms with E-state index >= 15 is 0 Å². The lowest BCUT2D eigenvalue weighted by Gasteiger charge is -2.19. The van der Waals surface area contributed by atoms with E-state index < -0.39 is 0 Å². The first-order valence-electron chi connectivity index (χ1n) is 6.07. The molecule has 0 aliphatic rings. The van der Waals surface area contributed by atoms with Gasteiger partial charge in [0, 0.05) is 17.4 Å². The van der Waals surface area contributed by atoms with Crippen LogP contribution in [-0.4, -0.2) is 28.0 Å². The van der Waals surface area contributed by atoms with Crippen LogP contribution in [0.2, 0.25) is 0 Å². The smallest absolute Gasteiger partial charge is 0.134 e. The quantitative estimate of drug-likeness (QED) is 0.783. The van der Waals surface area contributed by atoms with E-state index in [1.165, 1.54) is 6.33 Å². The first kappa shape index (κ1) is 14.1. The number of nitrogen functional groups attached to an aromatic ring is 1. The van der Waals surface area contributed by atoms with Crippen molar-refractivity contribution in [1.82, 2.24) is 9.97 Å². The summed E-state index contributed by atoms with van der Waals surface area (Å²) in [6.45, 7) is 4.31. The molecule has 1 rings (SSSR count). The van der Waals surface area contributed by atoms with Crippen LogP contribution in [0.5, 0.6) is 0 Å². The van der Waals surface area contributed by atoms with Crippen molar-refractivity contribution in [2.75, 3.05) is 23.1 Å². The fraction of sp³-hybridized carbons (Fsp3) is 0.667. The number of nitrogens with two attached hydrogens (primary N) is 1. The van der Waals surface area contributed by atoms with Gasteiger partial charge in [-0.05, 0) is 19.1 Å². The Hall–Kier alpha value is -0.970. The molecule has 1 aromatic heterocycles. The molecule has 0 aliphatic carbocycles. The van der Waals surface area contributed by atoms with Crippen LogP contribution in [0.3, 0.4) is 0 Å². The van der Waals surface area contributed by atoms with Crippen molar-refractivity contribution in [3.05, 3.63) is 11.9 Å². The van der Waals surface area contributed by atoms with Gasteiger partial charge in [0.1, 0.15) is 18.0 Å². The van der Waals surface area contributed by atoms with Crippen LogP contribution < -0.4 is 11.1 Å². The van der Waals surface area contributed by atoms with Gasteiger partial charge in [-0.3, -0.25) is 0 Å². The Morgan fingerprint density at radius 1 is 1.41 bits per heavy atom. The van der Waals surface area contributed by atoms with Gasteiger partial charge in [-0.2, -0.15) is 11.8 Å². The van der Waals surface area contributed by atoms with E-state index in [-0.39, 0.29) is 0 Å². The number of rotatable bonds is 7. The van der Waals surface area contributed by atoms with Gasteiger partial charge in [-0.1, -0.05) is 20.3 Å². The zero-order valence-electron chi connectivity index (χ0n) is 10.9. The van der Waals surface area contributed by atoms with Crippen LogP contribution >= 0.6 is 11.8 Å². The Morgan fingerprint density at radius 3 is 2.76 bits per heavy atom. The zero-order chi connectivity index (χ0) is 12.7. The summed E-state index contributed by atoms with van der Waals surface area (Å²) in [7, 11) is 0.